The minimum absolute atomic E-state index is 0.402. The summed E-state index contributed by atoms with van der Waals surface area (Å²) in [5.74, 6) is 1.14. The highest BCUT2D eigenvalue weighted by Crippen LogP contribution is 2.30. The topological polar surface area (TPSA) is 123 Å². The number of unbranched alkanes of at least 4 members (excludes halogenated alkanes) is 3. The van der Waals surface area contributed by atoms with E-state index in [0.29, 0.717) is 11.5 Å². The van der Waals surface area contributed by atoms with E-state index in [1.54, 1.807) is 0 Å². The first-order valence-corrected chi connectivity index (χ1v) is 9.99. The highest BCUT2D eigenvalue weighted by molar-refractivity contribution is 8.14. The van der Waals surface area contributed by atoms with Gasteiger partial charge in [0.15, 0.2) is 0 Å². The maximum atomic E-state index is 9.96. The van der Waals surface area contributed by atoms with E-state index in [1.807, 2.05) is 11.8 Å². The fraction of sp³-hybridized carbons (Fsp3) is 0.929. The fourth-order valence-corrected chi connectivity index (χ4v) is 3.88. The number of ether oxygens (including phenoxy) is 1. The van der Waals surface area contributed by atoms with Gasteiger partial charge in [0.25, 0.3) is 0 Å². The number of rotatable bonds is 9. The number of aliphatic hydroxyl groups is 4. The van der Waals surface area contributed by atoms with Crippen LogP contribution in [0.5, 0.6) is 0 Å². The lowest BCUT2D eigenvalue weighted by atomic mass is 10.0. The lowest BCUT2D eigenvalue weighted by molar-refractivity contribution is -0.205. The van der Waals surface area contributed by atoms with E-state index in [1.165, 1.54) is 0 Å². The van der Waals surface area contributed by atoms with Crippen LogP contribution in [0.25, 0.3) is 0 Å². The molecule has 0 saturated carbocycles. The Bertz CT molecular complexity index is 358. The lowest BCUT2D eigenvalue weighted by Gasteiger charge is -2.39. The van der Waals surface area contributed by atoms with Crippen LogP contribution in [0.3, 0.4) is 0 Å². The van der Waals surface area contributed by atoms with Crippen LogP contribution in [0.2, 0.25) is 0 Å². The SMILES string of the molecule is CSCCCCCCC(=NO)SC1OC(CO)C(O)C(O)C1O. The van der Waals surface area contributed by atoms with Crippen molar-refractivity contribution >= 4 is 28.6 Å². The number of hydrogen-bond donors (Lipinski definition) is 5. The average Bonchev–Trinajstić information content (AvgIpc) is 2.56. The van der Waals surface area contributed by atoms with Crippen LogP contribution in [0.15, 0.2) is 5.16 Å². The molecule has 1 heterocycles. The van der Waals surface area contributed by atoms with E-state index >= 15 is 0 Å². The van der Waals surface area contributed by atoms with Crippen molar-refractivity contribution in [1.82, 2.24) is 0 Å². The molecule has 5 unspecified atom stereocenters. The first-order valence-electron chi connectivity index (χ1n) is 7.72. The summed E-state index contributed by atoms with van der Waals surface area (Å²) in [7, 11) is 0. The monoisotopic (exact) mass is 369 g/mol. The second kappa shape index (κ2) is 11.5. The molecule has 0 aromatic heterocycles. The molecule has 1 rings (SSSR count). The molecule has 1 aliphatic rings. The van der Waals surface area contributed by atoms with E-state index in [-0.39, 0.29) is 0 Å². The van der Waals surface area contributed by atoms with Gasteiger partial charge in [-0.05, 0) is 31.3 Å². The third-order valence-corrected chi connectivity index (χ3v) is 5.58. The predicted molar refractivity (Wildman–Crippen MR) is 92.0 cm³/mol. The van der Waals surface area contributed by atoms with Crippen molar-refractivity contribution in [2.45, 2.75) is 62.0 Å². The Morgan fingerprint density at radius 2 is 1.74 bits per heavy atom. The van der Waals surface area contributed by atoms with Gasteiger partial charge in [-0.25, -0.2) is 0 Å². The lowest BCUT2D eigenvalue weighted by Crippen LogP contribution is -2.57. The van der Waals surface area contributed by atoms with Crippen LogP contribution < -0.4 is 0 Å². The van der Waals surface area contributed by atoms with E-state index < -0.39 is 36.5 Å². The van der Waals surface area contributed by atoms with Gasteiger partial charge in [-0.3, -0.25) is 0 Å². The maximum Gasteiger partial charge on any atom is 0.138 e. The first-order chi connectivity index (χ1) is 11.0. The number of nitrogens with zero attached hydrogens (tertiary/aromatic N) is 1. The average molecular weight is 370 g/mol. The summed E-state index contributed by atoms with van der Waals surface area (Å²) in [6.07, 6.45) is 1.73. The first kappa shape index (κ1) is 21.0. The Morgan fingerprint density at radius 3 is 2.35 bits per heavy atom. The van der Waals surface area contributed by atoms with Crippen LogP contribution in [-0.2, 0) is 4.74 Å². The van der Waals surface area contributed by atoms with E-state index in [9.17, 15) is 15.3 Å². The zero-order valence-electron chi connectivity index (χ0n) is 13.2. The Labute approximate surface area is 145 Å². The molecule has 0 radical (unpaired) electrons. The highest BCUT2D eigenvalue weighted by atomic mass is 32.2. The molecule has 23 heavy (non-hydrogen) atoms. The van der Waals surface area contributed by atoms with Crippen molar-refractivity contribution in [2.24, 2.45) is 5.16 Å². The Balaban J connectivity index is 2.42. The molecule has 136 valence electrons. The van der Waals surface area contributed by atoms with Crippen molar-refractivity contribution in [1.29, 1.82) is 0 Å². The molecule has 1 saturated heterocycles. The van der Waals surface area contributed by atoms with Gasteiger partial charge in [-0.2, -0.15) is 11.8 Å². The summed E-state index contributed by atoms with van der Waals surface area (Å²) < 4.78 is 5.38. The second-order valence-electron chi connectivity index (χ2n) is 5.47. The molecule has 5 atom stereocenters. The van der Waals surface area contributed by atoms with Crippen LogP contribution in [0.1, 0.15) is 32.1 Å². The quantitative estimate of drug-likeness (QED) is 0.132. The Hall–Kier alpha value is -0.0300. The molecule has 0 aliphatic carbocycles. The standard InChI is InChI=1S/C14H27NO6S2/c1-22-7-5-3-2-4-6-10(15-20)23-14-13(19)12(18)11(17)9(8-16)21-14/h9,11-14,16-20H,2-8H2,1H3. The van der Waals surface area contributed by atoms with Gasteiger partial charge in [0.1, 0.15) is 34.9 Å². The molecule has 0 aromatic carbocycles. The van der Waals surface area contributed by atoms with Gasteiger partial charge in [0.2, 0.25) is 0 Å². The van der Waals surface area contributed by atoms with Crippen molar-refractivity contribution in [2.75, 3.05) is 18.6 Å². The third-order valence-electron chi connectivity index (χ3n) is 3.70. The molecule has 1 fully saturated rings. The number of aliphatic hydroxyl groups excluding tert-OH is 4. The van der Waals surface area contributed by atoms with Crippen molar-refractivity contribution in [3.63, 3.8) is 0 Å². The summed E-state index contributed by atoms with van der Waals surface area (Å²) in [5.41, 5.74) is -0.895. The van der Waals surface area contributed by atoms with E-state index in [4.69, 9.17) is 15.1 Å². The summed E-state index contributed by atoms with van der Waals surface area (Å²) in [6, 6.07) is 0. The van der Waals surface area contributed by atoms with E-state index in [2.05, 4.69) is 11.4 Å². The molecule has 1 aliphatic heterocycles. The normalized spacial score (nSPS) is 32.2. The van der Waals surface area contributed by atoms with Crippen LogP contribution in [0.4, 0.5) is 0 Å². The zero-order chi connectivity index (χ0) is 17.2. The summed E-state index contributed by atoms with van der Waals surface area (Å²) in [5, 5.41) is 51.3. The molecule has 0 spiro atoms. The summed E-state index contributed by atoms with van der Waals surface area (Å²) in [6.45, 7) is -0.469. The Morgan fingerprint density at radius 1 is 1.04 bits per heavy atom. The molecule has 7 nitrogen and oxygen atoms in total. The number of oxime groups is 1. The molecule has 0 aromatic rings. The van der Waals surface area contributed by atoms with Crippen molar-refractivity contribution < 1.29 is 30.4 Å². The largest absolute Gasteiger partial charge is 0.410 e. The van der Waals surface area contributed by atoms with Crippen molar-refractivity contribution in [3.8, 4) is 0 Å². The summed E-state index contributed by atoms with van der Waals surface area (Å²) in [4.78, 5) is 0. The zero-order valence-corrected chi connectivity index (χ0v) is 14.9. The van der Waals surface area contributed by atoms with Gasteiger partial charge in [0.05, 0.1) is 6.61 Å². The molecule has 0 bridgehead atoms. The van der Waals surface area contributed by atoms with Gasteiger partial charge >= 0.3 is 0 Å². The van der Waals surface area contributed by atoms with Crippen LogP contribution in [0, 0.1) is 0 Å². The fourth-order valence-electron chi connectivity index (χ4n) is 2.31. The van der Waals surface area contributed by atoms with Gasteiger partial charge in [0, 0.05) is 0 Å². The minimum atomic E-state index is -1.41. The smallest absolute Gasteiger partial charge is 0.138 e. The molecule has 5 N–H and O–H groups in total. The van der Waals surface area contributed by atoms with E-state index in [0.717, 1.165) is 43.2 Å². The molecular weight excluding hydrogens is 342 g/mol. The predicted octanol–water partition coefficient (Wildman–Crippen LogP) is 0.621. The number of thioether (sulfide) groups is 2. The maximum absolute atomic E-state index is 9.96. The van der Waals surface area contributed by atoms with Crippen molar-refractivity contribution in [3.05, 3.63) is 0 Å². The van der Waals surface area contributed by atoms with Gasteiger partial charge in [-0.15, -0.1) is 0 Å². The van der Waals surface area contributed by atoms with Gasteiger partial charge in [-0.1, -0.05) is 29.8 Å². The molecule has 9 heteroatoms. The van der Waals surface area contributed by atoms with Crippen LogP contribution in [-0.4, -0.2) is 79.1 Å². The molecule has 0 amide bonds. The third kappa shape index (κ3) is 6.77. The minimum Gasteiger partial charge on any atom is -0.410 e. The second-order valence-corrected chi connectivity index (χ2v) is 7.62. The Kier molecular flexibility index (Phi) is 10.5. The van der Waals surface area contributed by atoms with Gasteiger partial charge < -0.3 is 30.4 Å². The summed E-state index contributed by atoms with van der Waals surface area (Å²) >= 11 is 2.83. The van der Waals surface area contributed by atoms with Crippen LogP contribution >= 0.6 is 23.5 Å². The molecular formula is C14H27NO6S2. The highest BCUT2D eigenvalue weighted by Gasteiger charge is 2.44. The number of hydrogen-bond acceptors (Lipinski definition) is 9.